The molecule has 0 bridgehead atoms. The molecule has 3 aromatic rings. The fourth-order valence-corrected chi connectivity index (χ4v) is 1.89. The average molecular weight is 340 g/mol. The lowest BCUT2D eigenvalue weighted by Gasteiger charge is -1.98. The maximum absolute atomic E-state index is 5.67. The summed E-state index contributed by atoms with van der Waals surface area (Å²) in [6.07, 6.45) is 3.15. The summed E-state index contributed by atoms with van der Waals surface area (Å²) in [7, 11) is 0. The van der Waals surface area contributed by atoms with Crippen LogP contribution in [0.5, 0.6) is 0 Å². The van der Waals surface area contributed by atoms with Crippen molar-refractivity contribution in [3.8, 4) is 11.3 Å². The molecule has 0 radical (unpaired) electrons. The molecule has 2 heterocycles. The Hall–Kier alpha value is -1.75. The second-order valence-corrected chi connectivity index (χ2v) is 4.79. The van der Waals surface area contributed by atoms with E-state index in [9.17, 15) is 0 Å². The van der Waals surface area contributed by atoms with Crippen LogP contribution in [-0.2, 0) is 0 Å². The molecule has 0 aliphatic heterocycles. The summed E-state index contributed by atoms with van der Waals surface area (Å²) in [5.41, 5.74) is 1.90. The molecule has 0 saturated heterocycles. The van der Waals surface area contributed by atoms with Gasteiger partial charge in [0, 0.05) is 18.0 Å². The van der Waals surface area contributed by atoms with Crippen LogP contribution in [0.3, 0.4) is 0 Å². The van der Waals surface area contributed by atoms with E-state index in [4.69, 9.17) is 34.8 Å². The second-order valence-electron chi connectivity index (χ2n) is 3.73. The van der Waals surface area contributed by atoms with E-state index in [1.165, 1.54) is 6.20 Å². The highest BCUT2D eigenvalue weighted by molar-refractivity contribution is 6.31. The highest BCUT2D eigenvalue weighted by Crippen LogP contribution is 2.16. The molecule has 0 spiro atoms. The standard InChI is InChI=1S/C10H7ClN2.C4H2Cl2N2/c11-10-12-7-6-9(13-10)8-4-2-1-3-5-8;5-3-1-2-7-4(6)8-3/h1-7H;1-2H. The van der Waals surface area contributed by atoms with Crippen LogP contribution < -0.4 is 0 Å². The van der Waals surface area contributed by atoms with Crippen LogP contribution in [0.1, 0.15) is 0 Å². The van der Waals surface area contributed by atoms with Gasteiger partial charge in [0.15, 0.2) is 0 Å². The Morgan fingerprint density at radius 3 is 1.81 bits per heavy atom. The fraction of sp³-hybridized carbons (Fsp3) is 0. The number of hydrogen-bond acceptors (Lipinski definition) is 4. The minimum absolute atomic E-state index is 0.178. The van der Waals surface area contributed by atoms with Crippen LogP contribution in [0.4, 0.5) is 0 Å². The smallest absolute Gasteiger partial charge is 0.223 e. The molecular formula is C14H9Cl3N4. The minimum Gasteiger partial charge on any atom is -0.226 e. The van der Waals surface area contributed by atoms with Gasteiger partial charge in [-0.05, 0) is 35.3 Å². The number of benzene rings is 1. The summed E-state index contributed by atoms with van der Waals surface area (Å²) in [5, 5.41) is 0.823. The van der Waals surface area contributed by atoms with E-state index in [0.29, 0.717) is 5.15 Å². The van der Waals surface area contributed by atoms with E-state index in [2.05, 4.69) is 19.9 Å². The van der Waals surface area contributed by atoms with E-state index >= 15 is 0 Å². The zero-order valence-corrected chi connectivity index (χ0v) is 12.9. The van der Waals surface area contributed by atoms with Crippen molar-refractivity contribution in [2.24, 2.45) is 0 Å². The summed E-state index contributed by atoms with van der Waals surface area (Å²) < 4.78 is 0. The summed E-state index contributed by atoms with van der Waals surface area (Å²) in [6, 6.07) is 13.3. The Morgan fingerprint density at radius 2 is 1.29 bits per heavy atom. The Labute approximate surface area is 136 Å². The van der Waals surface area contributed by atoms with Gasteiger partial charge in [-0.1, -0.05) is 41.9 Å². The molecule has 0 fully saturated rings. The van der Waals surface area contributed by atoms with Gasteiger partial charge in [-0.2, -0.15) is 0 Å². The van der Waals surface area contributed by atoms with Gasteiger partial charge in [-0.15, -0.1) is 0 Å². The third-order valence-corrected chi connectivity index (χ3v) is 2.86. The molecule has 1 aromatic carbocycles. The highest BCUT2D eigenvalue weighted by Gasteiger charge is 1.98. The van der Waals surface area contributed by atoms with Gasteiger partial charge in [0.2, 0.25) is 10.6 Å². The van der Waals surface area contributed by atoms with Crippen LogP contribution in [0.15, 0.2) is 54.9 Å². The number of halogens is 3. The highest BCUT2D eigenvalue weighted by atomic mass is 35.5. The van der Waals surface area contributed by atoms with Gasteiger partial charge in [-0.25, -0.2) is 19.9 Å². The maximum Gasteiger partial charge on any atom is 0.223 e. The Bertz CT molecular complexity index is 690. The fourth-order valence-electron chi connectivity index (χ4n) is 1.42. The van der Waals surface area contributed by atoms with Crippen LogP contribution >= 0.6 is 34.8 Å². The molecule has 4 nitrogen and oxygen atoms in total. The van der Waals surface area contributed by atoms with E-state index in [1.807, 2.05) is 36.4 Å². The molecule has 0 saturated carbocycles. The summed E-state index contributed by atoms with van der Waals surface area (Å²) in [5.74, 6) is 0. The van der Waals surface area contributed by atoms with Gasteiger partial charge in [0.25, 0.3) is 0 Å². The molecule has 0 aliphatic rings. The molecule has 106 valence electrons. The van der Waals surface area contributed by atoms with E-state index < -0.39 is 0 Å². The van der Waals surface area contributed by atoms with Crippen molar-refractivity contribution in [2.45, 2.75) is 0 Å². The molecule has 21 heavy (non-hydrogen) atoms. The number of hydrogen-bond donors (Lipinski definition) is 0. The first-order chi connectivity index (χ1) is 10.1. The van der Waals surface area contributed by atoms with Gasteiger partial charge in [0.05, 0.1) is 5.69 Å². The predicted molar refractivity (Wildman–Crippen MR) is 84.5 cm³/mol. The Morgan fingerprint density at radius 1 is 0.667 bits per heavy atom. The van der Waals surface area contributed by atoms with Crippen molar-refractivity contribution in [2.75, 3.05) is 0 Å². The average Bonchev–Trinajstić information content (AvgIpc) is 2.49. The van der Waals surface area contributed by atoms with Crippen LogP contribution in [0.25, 0.3) is 11.3 Å². The van der Waals surface area contributed by atoms with Crippen molar-refractivity contribution in [1.29, 1.82) is 0 Å². The molecule has 0 aliphatic carbocycles. The predicted octanol–water partition coefficient (Wildman–Crippen LogP) is 4.58. The molecule has 0 atom stereocenters. The molecule has 3 rings (SSSR count). The van der Waals surface area contributed by atoms with Crippen molar-refractivity contribution in [1.82, 2.24) is 19.9 Å². The zero-order valence-electron chi connectivity index (χ0n) is 10.6. The quantitative estimate of drug-likeness (QED) is 0.481. The largest absolute Gasteiger partial charge is 0.226 e. The third-order valence-electron chi connectivity index (χ3n) is 2.29. The van der Waals surface area contributed by atoms with Crippen LogP contribution in [0.2, 0.25) is 15.7 Å². The number of nitrogens with zero attached hydrogens (tertiary/aromatic N) is 4. The Kier molecular flexibility index (Phi) is 5.87. The molecule has 2 aromatic heterocycles. The number of rotatable bonds is 1. The molecule has 0 N–H and O–H groups in total. The topological polar surface area (TPSA) is 51.6 Å². The lowest BCUT2D eigenvalue weighted by atomic mass is 10.1. The summed E-state index contributed by atoms with van der Waals surface area (Å²) in [6.45, 7) is 0. The lowest BCUT2D eigenvalue weighted by Crippen LogP contribution is -1.85. The zero-order chi connectivity index (χ0) is 15.1. The Balaban J connectivity index is 0.000000173. The van der Waals surface area contributed by atoms with Gasteiger partial charge >= 0.3 is 0 Å². The molecular weight excluding hydrogens is 331 g/mol. The molecule has 7 heteroatoms. The van der Waals surface area contributed by atoms with Crippen LogP contribution in [0, 0.1) is 0 Å². The lowest BCUT2D eigenvalue weighted by molar-refractivity contribution is 1.17. The van der Waals surface area contributed by atoms with Gasteiger partial charge in [0.1, 0.15) is 5.15 Å². The number of aromatic nitrogens is 4. The maximum atomic E-state index is 5.67. The first-order valence-corrected chi connectivity index (χ1v) is 6.96. The normalized spacial score (nSPS) is 9.67. The van der Waals surface area contributed by atoms with E-state index in [1.54, 1.807) is 12.3 Å². The van der Waals surface area contributed by atoms with Crippen molar-refractivity contribution in [3.63, 3.8) is 0 Å². The van der Waals surface area contributed by atoms with E-state index in [0.717, 1.165) is 11.3 Å². The summed E-state index contributed by atoms with van der Waals surface area (Å²) in [4.78, 5) is 15.1. The summed E-state index contributed by atoms with van der Waals surface area (Å²) >= 11 is 16.4. The SMILES string of the molecule is Clc1ccnc(Cl)n1.Clc1nccc(-c2ccccc2)n1. The monoisotopic (exact) mass is 338 g/mol. The third kappa shape index (κ3) is 5.27. The van der Waals surface area contributed by atoms with Gasteiger partial charge < -0.3 is 0 Å². The molecule has 0 amide bonds. The first-order valence-electron chi connectivity index (χ1n) is 5.83. The van der Waals surface area contributed by atoms with Crippen LogP contribution in [-0.4, -0.2) is 19.9 Å². The van der Waals surface area contributed by atoms with Crippen molar-refractivity contribution in [3.05, 3.63) is 70.6 Å². The second kappa shape index (κ2) is 7.88. The van der Waals surface area contributed by atoms with E-state index in [-0.39, 0.29) is 10.6 Å². The van der Waals surface area contributed by atoms with Crippen molar-refractivity contribution < 1.29 is 0 Å². The van der Waals surface area contributed by atoms with Gasteiger partial charge in [-0.3, -0.25) is 0 Å². The first kappa shape index (κ1) is 15.6. The van der Waals surface area contributed by atoms with Crippen molar-refractivity contribution >= 4 is 34.8 Å². The molecule has 0 unspecified atom stereocenters. The minimum atomic E-state index is 0.178.